The van der Waals surface area contributed by atoms with Crippen LogP contribution >= 0.6 is 11.6 Å². The normalized spacial score (nSPS) is 11.9. The number of hydrogen-bond donors (Lipinski definition) is 1. The summed E-state index contributed by atoms with van der Waals surface area (Å²) in [5.41, 5.74) is 3.54. The second-order valence-corrected chi connectivity index (χ2v) is 8.56. The molecule has 0 saturated heterocycles. The smallest absolute Gasteiger partial charge is 0.310 e. The molecule has 4 rings (SSSR count). The van der Waals surface area contributed by atoms with Crippen molar-refractivity contribution >= 4 is 34.1 Å². The molecular formula is C28H24ClNO4. The van der Waals surface area contributed by atoms with Crippen LogP contribution in [0.25, 0.3) is 10.8 Å². The maximum absolute atomic E-state index is 13.2. The number of carboxylic acid groups (broad SMARTS) is 1. The number of pyridine rings is 1. The molecule has 1 N–H and O–H groups in total. The lowest BCUT2D eigenvalue weighted by Gasteiger charge is -2.13. The Balaban J connectivity index is 1.45. The van der Waals surface area contributed by atoms with Crippen molar-refractivity contribution in [2.24, 2.45) is 0 Å². The summed E-state index contributed by atoms with van der Waals surface area (Å²) in [5, 5.41) is 11.5. The molecule has 5 nitrogen and oxygen atoms in total. The van der Waals surface area contributed by atoms with E-state index >= 15 is 0 Å². The predicted octanol–water partition coefficient (Wildman–Crippen LogP) is 6.07. The Morgan fingerprint density at radius 2 is 1.59 bits per heavy atom. The zero-order valence-corrected chi connectivity index (χ0v) is 19.5. The van der Waals surface area contributed by atoms with Gasteiger partial charge in [-0.05, 0) is 47.6 Å². The molecule has 6 heteroatoms. The number of carboxylic acids is 1. The Morgan fingerprint density at radius 3 is 2.26 bits per heavy atom. The third-order valence-corrected chi connectivity index (χ3v) is 6.06. The highest BCUT2D eigenvalue weighted by Crippen LogP contribution is 2.28. The number of aromatic nitrogens is 1. The lowest BCUT2D eigenvalue weighted by Crippen LogP contribution is -2.11. The first kappa shape index (κ1) is 23.6. The van der Waals surface area contributed by atoms with E-state index < -0.39 is 11.9 Å². The van der Waals surface area contributed by atoms with Crippen molar-refractivity contribution in [3.05, 3.63) is 112 Å². The molecule has 172 valence electrons. The largest absolute Gasteiger partial charge is 0.481 e. The number of halogens is 1. The summed E-state index contributed by atoms with van der Waals surface area (Å²) in [7, 11) is 0. The molecule has 34 heavy (non-hydrogen) atoms. The van der Waals surface area contributed by atoms with Gasteiger partial charge in [-0.15, -0.1) is 0 Å². The molecule has 0 radical (unpaired) electrons. The Labute approximate surface area is 203 Å². The summed E-state index contributed by atoms with van der Waals surface area (Å²) in [5.74, 6) is -1.86. The number of ether oxygens (including phenoxy) is 1. The maximum Gasteiger partial charge on any atom is 0.310 e. The van der Waals surface area contributed by atoms with Crippen LogP contribution < -0.4 is 0 Å². The van der Waals surface area contributed by atoms with Crippen LogP contribution in [0.4, 0.5) is 0 Å². The summed E-state index contributed by atoms with van der Waals surface area (Å²) in [6.45, 7) is 2.65. The van der Waals surface area contributed by atoms with E-state index in [4.69, 9.17) is 16.3 Å². The number of carbonyl (C=O) groups is 2. The number of nitrogens with zero attached hydrogens (tertiary/aromatic N) is 1. The monoisotopic (exact) mass is 473 g/mol. The van der Waals surface area contributed by atoms with Gasteiger partial charge in [-0.3, -0.25) is 14.6 Å². The van der Waals surface area contributed by atoms with Gasteiger partial charge in [0.2, 0.25) is 5.78 Å². The van der Waals surface area contributed by atoms with Crippen LogP contribution in [0.5, 0.6) is 0 Å². The summed E-state index contributed by atoms with van der Waals surface area (Å²) in [6.07, 6.45) is 2.29. The lowest BCUT2D eigenvalue weighted by atomic mass is 9.94. The fraction of sp³-hybridized carbons (Fsp3) is 0.179. The van der Waals surface area contributed by atoms with Gasteiger partial charge in [0.05, 0.1) is 19.1 Å². The molecule has 0 aliphatic heterocycles. The fourth-order valence-corrected chi connectivity index (χ4v) is 3.92. The average Bonchev–Trinajstić information content (AvgIpc) is 2.86. The standard InChI is InChI=1S/C28H24ClNO4/c1-18(28(32)33)25-16-30-26(24-5-3-2-4-23(24)25)27(31)21-10-6-20(7-11-21)17-34-15-14-19-8-12-22(29)13-9-19/h2-13,16,18H,14-15,17H2,1H3,(H,32,33). The molecule has 4 aromatic rings. The minimum atomic E-state index is -0.933. The molecule has 1 atom stereocenters. The van der Waals surface area contributed by atoms with Crippen molar-refractivity contribution in [1.82, 2.24) is 4.98 Å². The zero-order chi connectivity index (χ0) is 24.1. The van der Waals surface area contributed by atoms with Crippen molar-refractivity contribution in [3.63, 3.8) is 0 Å². The number of benzene rings is 3. The van der Waals surface area contributed by atoms with Crippen molar-refractivity contribution < 1.29 is 19.4 Å². The Bertz CT molecular complexity index is 1320. The molecular weight excluding hydrogens is 450 g/mol. The highest BCUT2D eigenvalue weighted by molar-refractivity contribution is 6.30. The van der Waals surface area contributed by atoms with Crippen molar-refractivity contribution in [3.8, 4) is 0 Å². The van der Waals surface area contributed by atoms with E-state index in [-0.39, 0.29) is 5.78 Å². The van der Waals surface area contributed by atoms with Crippen LogP contribution in [0.3, 0.4) is 0 Å². The van der Waals surface area contributed by atoms with Gasteiger partial charge in [-0.2, -0.15) is 0 Å². The van der Waals surface area contributed by atoms with Crippen LogP contribution in [0.1, 0.15) is 45.6 Å². The van der Waals surface area contributed by atoms with Crippen molar-refractivity contribution in [2.45, 2.75) is 25.9 Å². The van der Waals surface area contributed by atoms with Gasteiger partial charge in [-0.25, -0.2) is 0 Å². The minimum absolute atomic E-state index is 0.207. The predicted molar refractivity (Wildman–Crippen MR) is 132 cm³/mol. The van der Waals surface area contributed by atoms with Crippen molar-refractivity contribution in [2.75, 3.05) is 6.61 Å². The van der Waals surface area contributed by atoms with Gasteiger partial charge >= 0.3 is 5.97 Å². The molecule has 3 aromatic carbocycles. The number of fused-ring (bicyclic) bond motifs is 1. The SMILES string of the molecule is CC(C(=O)O)c1cnc(C(=O)c2ccc(COCCc3ccc(Cl)cc3)cc2)c2ccccc12. The number of rotatable bonds is 9. The minimum Gasteiger partial charge on any atom is -0.481 e. The molecule has 0 fully saturated rings. The highest BCUT2D eigenvalue weighted by atomic mass is 35.5. The Kier molecular flexibility index (Phi) is 7.36. The van der Waals surface area contributed by atoms with E-state index in [2.05, 4.69) is 4.98 Å². The van der Waals surface area contributed by atoms with Gasteiger partial charge in [0.15, 0.2) is 0 Å². The van der Waals surface area contributed by atoms with E-state index in [9.17, 15) is 14.7 Å². The van der Waals surface area contributed by atoms with Crippen LogP contribution in [0.15, 0.2) is 79.0 Å². The van der Waals surface area contributed by atoms with Gasteiger partial charge < -0.3 is 9.84 Å². The number of ketones is 1. The van der Waals surface area contributed by atoms with E-state index in [0.29, 0.717) is 40.4 Å². The number of aliphatic carboxylic acids is 1. The third kappa shape index (κ3) is 5.33. The lowest BCUT2D eigenvalue weighted by molar-refractivity contribution is -0.138. The topological polar surface area (TPSA) is 76.5 Å². The molecule has 1 heterocycles. The highest BCUT2D eigenvalue weighted by Gasteiger charge is 2.21. The second kappa shape index (κ2) is 10.6. The van der Waals surface area contributed by atoms with Gasteiger partial charge in [0.1, 0.15) is 5.69 Å². The molecule has 0 spiro atoms. The molecule has 0 saturated carbocycles. The molecule has 0 amide bonds. The van der Waals surface area contributed by atoms with Gasteiger partial charge in [0, 0.05) is 22.2 Å². The van der Waals surface area contributed by atoms with Crippen molar-refractivity contribution in [1.29, 1.82) is 0 Å². The van der Waals surface area contributed by atoms with E-state index in [1.807, 2.05) is 54.6 Å². The van der Waals surface area contributed by atoms with Crippen LogP contribution in [-0.4, -0.2) is 28.4 Å². The zero-order valence-electron chi connectivity index (χ0n) is 18.7. The average molecular weight is 474 g/mol. The second-order valence-electron chi connectivity index (χ2n) is 8.12. The summed E-state index contributed by atoms with van der Waals surface area (Å²) in [6, 6.07) is 22.3. The van der Waals surface area contributed by atoms with Gasteiger partial charge in [0.25, 0.3) is 0 Å². The Hall–Kier alpha value is -3.54. The maximum atomic E-state index is 13.2. The summed E-state index contributed by atoms with van der Waals surface area (Å²) >= 11 is 5.91. The first-order chi connectivity index (χ1) is 16.4. The summed E-state index contributed by atoms with van der Waals surface area (Å²) < 4.78 is 5.77. The van der Waals surface area contributed by atoms with E-state index in [1.54, 1.807) is 25.1 Å². The van der Waals surface area contributed by atoms with E-state index in [1.165, 1.54) is 6.20 Å². The van der Waals surface area contributed by atoms with Crippen LogP contribution in [-0.2, 0) is 22.6 Å². The molecule has 1 unspecified atom stereocenters. The Morgan fingerprint density at radius 1 is 0.941 bits per heavy atom. The van der Waals surface area contributed by atoms with E-state index in [0.717, 1.165) is 22.9 Å². The first-order valence-electron chi connectivity index (χ1n) is 11.0. The molecule has 0 aliphatic carbocycles. The summed E-state index contributed by atoms with van der Waals surface area (Å²) in [4.78, 5) is 29.1. The first-order valence-corrected chi connectivity index (χ1v) is 11.4. The molecule has 0 bridgehead atoms. The quantitative estimate of drug-likeness (QED) is 0.236. The van der Waals surface area contributed by atoms with Crippen LogP contribution in [0, 0.1) is 0 Å². The number of hydrogen-bond acceptors (Lipinski definition) is 4. The molecule has 1 aromatic heterocycles. The third-order valence-electron chi connectivity index (χ3n) is 5.81. The van der Waals surface area contributed by atoms with Crippen LogP contribution in [0.2, 0.25) is 5.02 Å². The fourth-order valence-electron chi connectivity index (χ4n) is 3.79. The van der Waals surface area contributed by atoms with Gasteiger partial charge in [-0.1, -0.05) is 72.3 Å². The molecule has 0 aliphatic rings. The number of carbonyl (C=O) groups excluding carboxylic acids is 1.